The summed E-state index contributed by atoms with van der Waals surface area (Å²) in [5, 5.41) is 5.10. The Kier molecular flexibility index (Phi) is 6.00. The summed E-state index contributed by atoms with van der Waals surface area (Å²) in [5.41, 5.74) is 2.11. The Morgan fingerprint density at radius 3 is 2.08 bits per heavy atom. The summed E-state index contributed by atoms with van der Waals surface area (Å²) in [6.07, 6.45) is 0. The van der Waals surface area contributed by atoms with Gasteiger partial charge in [0.2, 0.25) is 0 Å². The Bertz CT molecular complexity index is 755. The fourth-order valence-electron chi connectivity index (χ4n) is 2.22. The zero-order valence-corrected chi connectivity index (χ0v) is 14.8. The number of amides is 2. The van der Waals surface area contributed by atoms with Crippen LogP contribution >= 0.6 is 0 Å². The molecule has 0 saturated carbocycles. The molecule has 0 atom stereocenters. The number of hydrogen-bond donors (Lipinski definition) is 2. The van der Waals surface area contributed by atoms with Crippen molar-refractivity contribution in [2.75, 3.05) is 24.9 Å². The molecule has 2 aromatic carbocycles. The zero-order chi connectivity index (χ0) is 18.4. The highest BCUT2D eigenvalue weighted by atomic mass is 16.5. The molecular weight excluding hydrogens is 320 g/mol. The fraction of sp³-hybridized carbons (Fsp3) is 0.263. The number of rotatable bonds is 5. The third-order valence-electron chi connectivity index (χ3n) is 3.70. The van der Waals surface area contributed by atoms with Crippen LogP contribution in [-0.2, 0) is 9.59 Å². The maximum absolute atomic E-state index is 12.1. The lowest BCUT2D eigenvalue weighted by molar-refractivity contribution is -0.133. The number of benzene rings is 2. The Balaban J connectivity index is 2.04. The van der Waals surface area contributed by atoms with Gasteiger partial charge in [0, 0.05) is 11.8 Å². The molecule has 25 heavy (non-hydrogen) atoms. The van der Waals surface area contributed by atoms with Crippen molar-refractivity contribution in [2.45, 2.75) is 19.8 Å². The third-order valence-corrected chi connectivity index (χ3v) is 3.70. The van der Waals surface area contributed by atoms with E-state index in [4.69, 9.17) is 9.47 Å². The van der Waals surface area contributed by atoms with Crippen LogP contribution in [0.4, 0.5) is 11.4 Å². The molecule has 0 radical (unpaired) electrons. The summed E-state index contributed by atoms with van der Waals surface area (Å²) < 4.78 is 10.3. The van der Waals surface area contributed by atoms with Gasteiger partial charge in [-0.3, -0.25) is 9.59 Å². The van der Waals surface area contributed by atoms with E-state index in [0.717, 1.165) is 5.56 Å². The minimum atomic E-state index is -0.781. The van der Waals surface area contributed by atoms with Crippen LogP contribution < -0.4 is 20.1 Å². The van der Waals surface area contributed by atoms with Crippen molar-refractivity contribution in [1.82, 2.24) is 0 Å². The van der Waals surface area contributed by atoms with Gasteiger partial charge in [-0.1, -0.05) is 26.0 Å². The van der Waals surface area contributed by atoms with E-state index in [1.54, 1.807) is 30.3 Å². The van der Waals surface area contributed by atoms with Crippen LogP contribution in [0.5, 0.6) is 11.5 Å². The van der Waals surface area contributed by atoms with Gasteiger partial charge in [0.15, 0.2) is 0 Å². The number of hydrogen-bond acceptors (Lipinski definition) is 4. The molecule has 0 saturated heterocycles. The van der Waals surface area contributed by atoms with Crippen LogP contribution in [0.2, 0.25) is 0 Å². The van der Waals surface area contributed by atoms with E-state index < -0.39 is 11.8 Å². The molecule has 0 aliphatic rings. The average Bonchev–Trinajstić information content (AvgIpc) is 2.62. The first-order chi connectivity index (χ1) is 11.9. The first-order valence-corrected chi connectivity index (χ1v) is 7.89. The van der Waals surface area contributed by atoms with E-state index in [1.165, 1.54) is 14.2 Å². The lowest BCUT2D eigenvalue weighted by Crippen LogP contribution is -2.29. The molecule has 0 bridgehead atoms. The van der Waals surface area contributed by atoms with E-state index in [0.29, 0.717) is 28.8 Å². The van der Waals surface area contributed by atoms with Gasteiger partial charge in [-0.15, -0.1) is 0 Å². The number of methoxy groups -OCH3 is 2. The van der Waals surface area contributed by atoms with E-state index in [1.807, 2.05) is 12.1 Å². The highest BCUT2D eigenvalue weighted by molar-refractivity contribution is 6.43. The number of ether oxygens (including phenoxy) is 2. The second-order valence-electron chi connectivity index (χ2n) is 5.75. The lowest BCUT2D eigenvalue weighted by atomic mass is 10.0. The molecule has 2 aromatic rings. The summed E-state index contributed by atoms with van der Waals surface area (Å²) in [6, 6.07) is 12.3. The van der Waals surface area contributed by atoms with E-state index in [2.05, 4.69) is 24.5 Å². The quantitative estimate of drug-likeness (QED) is 0.817. The van der Waals surface area contributed by atoms with Gasteiger partial charge < -0.3 is 20.1 Å². The van der Waals surface area contributed by atoms with E-state index in [-0.39, 0.29) is 0 Å². The Labute approximate surface area is 147 Å². The zero-order valence-electron chi connectivity index (χ0n) is 14.8. The molecule has 0 aliphatic heterocycles. The summed E-state index contributed by atoms with van der Waals surface area (Å²) in [6.45, 7) is 4.17. The lowest BCUT2D eigenvalue weighted by Gasteiger charge is -2.12. The number of carbonyl (C=O) groups excluding carboxylic acids is 2. The predicted molar refractivity (Wildman–Crippen MR) is 97.3 cm³/mol. The Morgan fingerprint density at radius 1 is 0.880 bits per heavy atom. The SMILES string of the molecule is COc1ccc(NC(=O)C(=O)Nc2ccc(C(C)C)cc2)c(OC)c1. The van der Waals surface area contributed by atoms with Crippen molar-refractivity contribution in [3.63, 3.8) is 0 Å². The molecule has 6 nitrogen and oxygen atoms in total. The fourth-order valence-corrected chi connectivity index (χ4v) is 2.22. The van der Waals surface area contributed by atoms with Gasteiger partial charge in [0.25, 0.3) is 0 Å². The summed E-state index contributed by atoms with van der Waals surface area (Å²) in [4.78, 5) is 24.2. The maximum Gasteiger partial charge on any atom is 0.314 e. The molecule has 2 N–H and O–H groups in total. The minimum Gasteiger partial charge on any atom is -0.497 e. The first-order valence-electron chi connectivity index (χ1n) is 7.89. The summed E-state index contributed by atoms with van der Waals surface area (Å²) in [7, 11) is 3.01. The van der Waals surface area contributed by atoms with Crippen LogP contribution in [0, 0.1) is 0 Å². The van der Waals surface area contributed by atoms with Crippen molar-refractivity contribution >= 4 is 23.2 Å². The molecular formula is C19H22N2O4. The highest BCUT2D eigenvalue weighted by Crippen LogP contribution is 2.29. The second kappa shape index (κ2) is 8.19. The van der Waals surface area contributed by atoms with Crippen LogP contribution in [0.1, 0.15) is 25.3 Å². The van der Waals surface area contributed by atoms with Gasteiger partial charge in [0.05, 0.1) is 19.9 Å². The van der Waals surface area contributed by atoms with E-state index >= 15 is 0 Å². The first kappa shape index (κ1) is 18.3. The molecule has 0 aliphatic carbocycles. The van der Waals surface area contributed by atoms with Crippen molar-refractivity contribution in [3.05, 3.63) is 48.0 Å². The monoisotopic (exact) mass is 342 g/mol. The molecule has 0 aromatic heterocycles. The summed E-state index contributed by atoms with van der Waals surface area (Å²) in [5.74, 6) is -0.145. The molecule has 0 unspecified atom stereocenters. The molecule has 2 amide bonds. The normalized spacial score (nSPS) is 10.3. The topological polar surface area (TPSA) is 76.7 Å². The smallest absolute Gasteiger partial charge is 0.314 e. The van der Waals surface area contributed by atoms with Crippen LogP contribution in [0.3, 0.4) is 0 Å². The predicted octanol–water partition coefficient (Wildman–Crippen LogP) is 3.40. The van der Waals surface area contributed by atoms with Gasteiger partial charge in [-0.05, 0) is 35.7 Å². The minimum absolute atomic E-state index is 0.388. The number of nitrogens with one attached hydrogen (secondary N) is 2. The van der Waals surface area contributed by atoms with E-state index in [9.17, 15) is 9.59 Å². The molecule has 2 rings (SSSR count). The van der Waals surface area contributed by atoms with Crippen LogP contribution in [-0.4, -0.2) is 26.0 Å². The third kappa shape index (κ3) is 4.73. The van der Waals surface area contributed by atoms with Crippen molar-refractivity contribution in [3.8, 4) is 11.5 Å². The molecule has 0 spiro atoms. The average molecular weight is 342 g/mol. The molecule has 0 heterocycles. The largest absolute Gasteiger partial charge is 0.497 e. The van der Waals surface area contributed by atoms with Crippen LogP contribution in [0.15, 0.2) is 42.5 Å². The van der Waals surface area contributed by atoms with Crippen molar-refractivity contribution < 1.29 is 19.1 Å². The summed E-state index contributed by atoms with van der Waals surface area (Å²) >= 11 is 0. The standard InChI is InChI=1S/C19H22N2O4/c1-12(2)13-5-7-14(8-6-13)20-18(22)19(23)21-16-10-9-15(24-3)11-17(16)25-4/h5-12H,1-4H3,(H,20,22)(H,21,23). The number of carbonyl (C=O) groups is 2. The van der Waals surface area contributed by atoms with Crippen molar-refractivity contribution in [2.24, 2.45) is 0 Å². The van der Waals surface area contributed by atoms with Gasteiger partial charge in [0.1, 0.15) is 11.5 Å². The molecule has 6 heteroatoms. The second-order valence-corrected chi connectivity index (χ2v) is 5.75. The Hall–Kier alpha value is -3.02. The number of anilines is 2. The Morgan fingerprint density at radius 2 is 1.52 bits per heavy atom. The van der Waals surface area contributed by atoms with Gasteiger partial charge >= 0.3 is 11.8 Å². The maximum atomic E-state index is 12.1. The van der Waals surface area contributed by atoms with Gasteiger partial charge in [-0.2, -0.15) is 0 Å². The highest BCUT2D eigenvalue weighted by Gasteiger charge is 2.16. The molecule has 0 fully saturated rings. The van der Waals surface area contributed by atoms with Gasteiger partial charge in [-0.25, -0.2) is 0 Å². The van der Waals surface area contributed by atoms with Crippen molar-refractivity contribution in [1.29, 1.82) is 0 Å². The van der Waals surface area contributed by atoms with Crippen LogP contribution in [0.25, 0.3) is 0 Å². The molecule has 132 valence electrons.